The first kappa shape index (κ1) is 19.8. The predicted molar refractivity (Wildman–Crippen MR) is 102 cm³/mol. The van der Waals surface area contributed by atoms with Crippen LogP contribution < -0.4 is 10.6 Å². The van der Waals surface area contributed by atoms with Crippen LogP contribution in [0.5, 0.6) is 0 Å². The summed E-state index contributed by atoms with van der Waals surface area (Å²) in [5, 5.41) is 5.98. The molecular formula is C20H30N4O3. The lowest BCUT2D eigenvalue weighted by atomic mass is 10.1. The summed E-state index contributed by atoms with van der Waals surface area (Å²) in [6.07, 6.45) is 8.34. The summed E-state index contributed by atoms with van der Waals surface area (Å²) in [4.78, 5) is 30.9. The molecule has 3 rings (SSSR count). The van der Waals surface area contributed by atoms with Gasteiger partial charge in [0.05, 0.1) is 6.61 Å². The van der Waals surface area contributed by atoms with Crippen molar-refractivity contribution in [3.63, 3.8) is 0 Å². The van der Waals surface area contributed by atoms with E-state index in [0.29, 0.717) is 37.7 Å². The van der Waals surface area contributed by atoms with Crippen LogP contribution in [0.1, 0.15) is 42.5 Å². The van der Waals surface area contributed by atoms with Crippen molar-refractivity contribution >= 4 is 11.8 Å². The van der Waals surface area contributed by atoms with Gasteiger partial charge in [-0.1, -0.05) is 0 Å². The van der Waals surface area contributed by atoms with E-state index in [4.69, 9.17) is 4.74 Å². The average Bonchev–Trinajstić information content (AvgIpc) is 3.43. The van der Waals surface area contributed by atoms with Crippen LogP contribution in [-0.2, 0) is 9.53 Å². The minimum absolute atomic E-state index is 0.0652. The number of nitrogens with zero attached hydrogens (tertiary/aromatic N) is 2. The highest BCUT2D eigenvalue weighted by Gasteiger charge is 2.37. The fourth-order valence-corrected chi connectivity index (χ4v) is 3.74. The molecule has 2 N–H and O–H groups in total. The van der Waals surface area contributed by atoms with Crippen molar-refractivity contribution in [1.82, 2.24) is 20.5 Å². The molecule has 1 aromatic rings. The molecule has 0 spiro atoms. The van der Waals surface area contributed by atoms with Crippen LogP contribution in [0.4, 0.5) is 0 Å². The maximum atomic E-state index is 12.3. The molecular weight excluding hydrogens is 344 g/mol. The molecule has 0 aromatic carbocycles. The Morgan fingerprint density at radius 3 is 2.59 bits per heavy atom. The monoisotopic (exact) mass is 374 g/mol. The number of nitrogens with one attached hydrogen (secondary N) is 2. The predicted octanol–water partition coefficient (Wildman–Crippen LogP) is 1.21. The maximum Gasteiger partial charge on any atom is 0.251 e. The Bertz CT molecular complexity index is 621. The molecule has 7 heteroatoms. The van der Waals surface area contributed by atoms with E-state index in [9.17, 15) is 9.59 Å². The van der Waals surface area contributed by atoms with E-state index in [0.717, 1.165) is 25.3 Å². The smallest absolute Gasteiger partial charge is 0.251 e. The maximum absolute atomic E-state index is 12.3. The number of carbonyl (C=O) groups excluding carboxylic acids is 2. The van der Waals surface area contributed by atoms with Gasteiger partial charge < -0.3 is 15.4 Å². The van der Waals surface area contributed by atoms with Crippen LogP contribution in [0.3, 0.4) is 0 Å². The first-order chi connectivity index (χ1) is 13.2. The number of amides is 2. The molecule has 0 bridgehead atoms. The van der Waals surface area contributed by atoms with E-state index in [1.165, 1.54) is 12.8 Å². The van der Waals surface area contributed by atoms with Crippen molar-refractivity contribution in [1.29, 1.82) is 0 Å². The second kappa shape index (κ2) is 9.80. The number of carbonyl (C=O) groups is 2. The van der Waals surface area contributed by atoms with Crippen molar-refractivity contribution in [2.45, 2.75) is 44.2 Å². The number of rotatable bonds is 10. The number of ether oxygens (including phenoxy) is 1. The second-order valence-corrected chi connectivity index (χ2v) is 7.52. The summed E-state index contributed by atoms with van der Waals surface area (Å²) < 4.78 is 4.98. The molecule has 1 aliphatic heterocycles. The molecule has 1 saturated heterocycles. The highest BCUT2D eigenvalue weighted by Crippen LogP contribution is 2.35. The van der Waals surface area contributed by atoms with Crippen LogP contribution in [0.25, 0.3) is 0 Å². The molecule has 2 amide bonds. The first-order valence-corrected chi connectivity index (χ1v) is 9.87. The summed E-state index contributed by atoms with van der Waals surface area (Å²) in [5.41, 5.74) is 0.630. The minimum atomic E-state index is -0.0652. The van der Waals surface area contributed by atoms with E-state index in [1.807, 2.05) is 0 Å². The third kappa shape index (κ3) is 6.01. The summed E-state index contributed by atoms with van der Waals surface area (Å²) in [6, 6.07) is 4.00. The molecule has 2 fully saturated rings. The van der Waals surface area contributed by atoms with Crippen molar-refractivity contribution in [2.24, 2.45) is 5.92 Å². The van der Waals surface area contributed by atoms with Gasteiger partial charge in [0.25, 0.3) is 5.91 Å². The fraction of sp³-hybridized carbons (Fsp3) is 0.650. The van der Waals surface area contributed by atoms with Gasteiger partial charge in [-0.2, -0.15) is 0 Å². The van der Waals surface area contributed by atoms with Crippen LogP contribution in [-0.4, -0.2) is 67.1 Å². The largest absolute Gasteiger partial charge is 0.383 e. The molecule has 2 aliphatic rings. The quantitative estimate of drug-likeness (QED) is 0.602. The van der Waals surface area contributed by atoms with Crippen molar-refractivity contribution < 1.29 is 14.3 Å². The Hall–Kier alpha value is -1.99. The summed E-state index contributed by atoms with van der Waals surface area (Å²) in [6.45, 7) is 2.74. The van der Waals surface area contributed by atoms with Gasteiger partial charge in [0.2, 0.25) is 5.91 Å². The van der Waals surface area contributed by atoms with Gasteiger partial charge in [-0.3, -0.25) is 19.5 Å². The molecule has 0 unspecified atom stereocenters. The lowest BCUT2D eigenvalue weighted by Gasteiger charge is -2.30. The molecule has 0 radical (unpaired) electrons. The normalized spacial score (nSPS) is 22.6. The number of hydrogen-bond acceptors (Lipinski definition) is 5. The van der Waals surface area contributed by atoms with E-state index < -0.39 is 0 Å². The van der Waals surface area contributed by atoms with Gasteiger partial charge in [-0.25, -0.2) is 0 Å². The third-order valence-electron chi connectivity index (χ3n) is 5.43. The zero-order valence-corrected chi connectivity index (χ0v) is 16.0. The molecule has 2 atom stereocenters. The number of pyridine rings is 1. The van der Waals surface area contributed by atoms with Crippen molar-refractivity contribution in [3.05, 3.63) is 30.1 Å². The summed E-state index contributed by atoms with van der Waals surface area (Å²) in [5.74, 6) is 0.768. The van der Waals surface area contributed by atoms with E-state index in [-0.39, 0.29) is 17.9 Å². The number of aromatic nitrogens is 1. The Balaban J connectivity index is 1.51. The Kier molecular flexibility index (Phi) is 7.18. The molecule has 1 aliphatic carbocycles. The van der Waals surface area contributed by atoms with E-state index >= 15 is 0 Å². The number of methoxy groups -OCH3 is 1. The van der Waals surface area contributed by atoms with Gasteiger partial charge in [-0.15, -0.1) is 0 Å². The third-order valence-corrected chi connectivity index (χ3v) is 5.43. The van der Waals surface area contributed by atoms with Gasteiger partial charge in [0.1, 0.15) is 0 Å². The minimum Gasteiger partial charge on any atom is -0.383 e. The topological polar surface area (TPSA) is 83.6 Å². The van der Waals surface area contributed by atoms with Crippen LogP contribution >= 0.6 is 0 Å². The Labute approximate surface area is 160 Å². The van der Waals surface area contributed by atoms with Crippen molar-refractivity contribution in [2.75, 3.05) is 33.4 Å². The first-order valence-electron chi connectivity index (χ1n) is 9.87. The lowest BCUT2D eigenvalue weighted by Crippen LogP contribution is -2.45. The van der Waals surface area contributed by atoms with Crippen LogP contribution in [0.2, 0.25) is 0 Å². The molecule has 1 aromatic heterocycles. The lowest BCUT2D eigenvalue weighted by molar-refractivity contribution is -0.122. The highest BCUT2D eigenvalue weighted by atomic mass is 16.5. The van der Waals surface area contributed by atoms with Gasteiger partial charge in [0.15, 0.2) is 0 Å². The van der Waals surface area contributed by atoms with E-state index in [1.54, 1.807) is 31.6 Å². The number of likely N-dealkylation sites (tertiary alicyclic amines) is 1. The Morgan fingerprint density at radius 1 is 1.15 bits per heavy atom. The van der Waals surface area contributed by atoms with Gasteiger partial charge in [0, 0.05) is 63.2 Å². The summed E-state index contributed by atoms with van der Waals surface area (Å²) >= 11 is 0. The second-order valence-electron chi connectivity index (χ2n) is 7.52. The highest BCUT2D eigenvalue weighted by molar-refractivity contribution is 5.93. The van der Waals surface area contributed by atoms with Crippen LogP contribution in [0.15, 0.2) is 24.5 Å². The number of hydrogen-bond donors (Lipinski definition) is 2. The van der Waals surface area contributed by atoms with Gasteiger partial charge >= 0.3 is 0 Å². The standard InChI is InChI=1S/C20H30N4O3/c1-27-11-10-22-19(25)12-17-4-5-18(24(17)14-15-2-3-15)13-23-20(26)16-6-8-21-9-7-16/h6-9,15,17-18H,2-5,10-14H2,1H3,(H,22,25)(H,23,26)/t17-,18+/m1/s1. The van der Waals surface area contributed by atoms with Crippen molar-refractivity contribution in [3.8, 4) is 0 Å². The van der Waals surface area contributed by atoms with Gasteiger partial charge in [-0.05, 0) is 43.7 Å². The zero-order valence-electron chi connectivity index (χ0n) is 16.0. The molecule has 148 valence electrons. The molecule has 2 heterocycles. The molecule has 1 saturated carbocycles. The van der Waals surface area contributed by atoms with E-state index in [2.05, 4.69) is 20.5 Å². The summed E-state index contributed by atoms with van der Waals surface area (Å²) in [7, 11) is 1.63. The fourth-order valence-electron chi connectivity index (χ4n) is 3.74. The van der Waals surface area contributed by atoms with Crippen LogP contribution in [0, 0.1) is 5.92 Å². The molecule has 7 nitrogen and oxygen atoms in total. The average molecular weight is 374 g/mol. The molecule has 27 heavy (non-hydrogen) atoms. The SMILES string of the molecule is COCCNC(=O)C[C@H]1CC[C@@H](CNC(=O)c2ccncc2)N1CC1CC1. The zero-order chi connectivity index (χ0) is 19.1. The Morgan fingerprint density at radius 2 is 1.89 bits per heavy atom.